The SMILES string of the molecule is C=Cc1cc(C(C)(C(F)(F)F)C(F)(F)F)cc(C(C)(C(F)(F)F)C(F)(F)F)c1.C=Cc1cc(C(O)(C(F)(F)F)C(F)(F)F)cc(C(O)(C(F)(F)F)C(F)(F)F)c1. The molecule has 0 aromatic heterocycles. The first kappa shape index (κ1) is 50.2. The molecule has 2 aromatic rings. The van der Waals surface area contributed by atoms with E-state index in [2.05, 4.69) is 13.2 Å². The van der Waals surface area contributed by atoms with Crippen molar-refractivity contribution in [1.29, 1.82) is 0 Å². The summed E-state index contributed by atoms with van der Waals surface area (Å²) >= 11 is 0. The van der Waals surface area contributed by atoms with E-state index in [1.165, 1.54) is 0 Å². The highest BCUT2D eigenvalue weighted by Crippen LogP contribution is 2.57. The Hall–Kier alpha value is -3.84. The van der Waals surface area contributed by atoms with Crippen LogP contribution in [0.2, 0.25) is 0 Å². The lowest BCUT2D eigenvalue weighted by Gasteiger charge is -2.38. The first-order valence-electron chi connectivity index (χ1n) is 13.8. The van der Waals surface area contributed by atoms with Crippen LogP contribution in [0.15, 0.2) is 49.6 Å². The van der Waals surface area contributed by atoms with Crippen LogP contribution in [0, 0.1) is 0 Å². The van der Waals surface area contributed by atoms with Crippen molar-refractivity contribution in [3.63, 3.8) is 0 Å². The van der Waals surface area contributed by atoms with E-state index in [-0.39, 0.29) is 44.2 Å². The molecule has 56 heavy (non-hydrogen) atoms. The van der Waals surface area contributed by atoms with Gasteiger partial charge in [-0.1, -0.05) is 43.5 Å². The topological polar surface area (TPSA) is 40.5 Å². The normalized spacial score (nSPS) is 14.9. The van der Waals surface area contributed by atoms with Gasteiger partial charge in [0.15, 0.2) is 10.8 Å². The van der Waals surface area contributed by atoms with Gasteiger partial charge >= 0.3 is 49.4 Å². The van der Waals surface area contributed by atoms with E-state index >= 15 is 0 Å². The molecule has 0 heterocycles. The minimum atomic E-state index is -6.59. The van der Waals surface area contributed by atoms with Crippen LogP contribution in [0.25, 0.3) is 12.2 Å². The van der Waals surface area contributed by atoms with E-state index < -0.39 is 111 Å². The third-order valence-electron chi connectivity index (χ3n) is 8.28. The molecular formula is C30H20F24O2. The average molecular weight is 868 g/mol. The highest BCUT2D eigenvalue weighted by atomic mass is 19.4. The van der Waals surface area contributed by atoms with Crippen molar-refractivity contribution in [2.24, 2.45) is 0 Å². The van der Waals surface area contributed by atoms with Crippen molar-refractivity contribution >= 4 is 12.2 Å². The van der Waals surface area contributed by atoms with E-state index in [0.29, 0.717) is 12.2 Å². The summed E-state index contributed by atoms with van der Waals surface area (Å²) in [5, 5.41) is 18.5. The Morgan fingerprint density at radius 2 is 0.518 bits per heavy atom. The summed E-state index contributed by atoms with van der Waals surface area (Å²) < 4.78 is 314. The molecule has 0 aliphatic carbocycles. The maximum atomic E-state index is 13.2. The van der Waals surface area contributed by atoms with Gasteiger partial charge in [-0.3, -0.25) is 0 Å². The summed E-state index contributed by atoms with van der Waals surface area (Å²) in [7, 11) is 0. The van der Waals surface area contributed by atoms with Gasteiger partial charge in [0.1, 0.15) is 0 Å². The largest absolute Gasteiger partial charge is 0.430 e. The van der Waals surface area contributed by atoms with Gasteiger partial charge in [-0.2, -0.15) is 105 Å². The highest BCUT2D eigenvalue weighted by Gasteiger charge is 2.75. The predicted octanol–water partition coefficient (Wildman–Crippen LogP) is 12.0. The Labute approximate surface area is 296 Å². The monoisotopic (exact) mass is 868 g/mol. The zero-order chi connectivity index (χ0) is 45.1. The van der Waals surface area contributed by atoms with Crippen LogP contribution in [0.5, 0.6) is 0 Å². The minimum Gasteiger partial charge on any atom is -0.369 e. The highest BCUT2D eigenvalue weighted by molar-refractivity contribution is 5.55. The Morgan fingerprint density at radius 3 is 0.679 bits per heavy atom. The average Bonchev–Trinajstić information content (AvgIpc) is 2.98. The molecule has 0 unspecified atom stereocenters. The van der Waals surface area contributed by atoms with Crippen molar-refractivity contribution in [2.45, 2.75) is 85.3 Å². The third kappa shape index (κ3) is 8.40. The molecule has 0 atom stereocenters. The fraction of sp³-hybridized carbons (Fsp3) is 0.467. The molecule has 0 aliphatic rings. The van der Waals surface area contributed by atoms with Gasteiger partial charge in [0, 0.05) is 11.1 Å². The van der Waals surface area contributed by atoms with Gasteiger partial charge in [-0.05, 0) is 54.3 Å². The molecule has 26 heteroatoms. The van der Waals surface area contributed by atoms with Crippen LogP contribution >= 0.6 is 0 Å². The molecule has 0 saturated carbocycles. The third-order valence-corrected chi connectivity index (χ3v) is 8.28. The number of hydrogen-bond acceptors (Lipinski definition) is 2. The van der Waals surface area contributed by atoms with Gasteiger partial charge in [-0.15, -0.1) is 0 Å². The zero-order valence-corrected chi connectivity index (χ0v) is 27.0. The summed E-state index contributed by atoms with van der Waals surface area (Å²) in [5.41, 5.74) is -31.4. The van der Waals surface area contributed by atoms with Crippen LogP contribution in [0.1, 0.15) is 47.2 Å². The second-order valence-electron chi connectivity index (χ2n) is 11.7. The second-order valence-corrected chi connectivity index (χ2v) is 11.7. The Kier molecular flexibility index (Phi) is 13.0. The van der Waals surface area contributed by atoms with E-state index in [1.54, 1.807) is 0 Å². The lowest BCUT2D eigenvalue weighted by atomic mass is 9.74. The smallest absolute Gasteiger partial charge is 0.369 e. The fourth-order valence-corrected chi connectivity index (χ4v) is 4.49. The molecule has 0 saturated heterocycles. The molecule has 320 valence electrons. The zero-order valence-electron chi connectivity index (χ0n) is 27.0. The van der Waals surface area contributed by atoms with E-state index in [1.807, 2.05) is 0 Å². The lowest BCUT2D eigenvalue weighted by Crippen LogP contribution is -2.55. The fourth-order valence-electron chi connectivity index (χ4n) is 4.49. The second kappa shape index (κ2) is 14.5. The van der Waals surface area contributed by atoms with Gasteiger partial charge < -0.3 is 10.2 Å². The molecule has 0 fully saturated rings. The maximum Gasteiger partial charge on any atom is 0.430 e. The number of alkyl halides is 24. The Balaban J connectivity index is 0.000000560. The first-order chi connectivity index (χ1) is 24.3. The summed E-state index contributed by atoms with van der Waals surface area (Å²) in [5.74, 6) is 0. The van der Waals surface area contributed by atoms with Crippen LogP contribution in [-0.4, -0.2) is 59.6 Å². The van der Waals surface area contributed by atoms with E-state index in [4.69, 9.17) is 0 Å². The van der Waals surface area contributed by atoms with E-state index in [9.17, 15) is 116 Å². The van der Waals surface area contributed by atoms with Crippen molar-refractivity contribution in [3.05, 3.63) is 82.9 Å². The molecule has 0 spiro atoms. The van der Waals surface area contributed by atoms with Gasteiger partial charge in [0.25, 0.3) is 11.2 Å². The number of hydrogen-bond donors (Lipinski definition) is 2. The Morgan fingerprint density at radius 1 is 0.339 bits per heavy atom. The maximum absolute atomic E-state index is 13.2. The summed E-state index contributed by atoms with van der Waals surface area (Å²) in [6.45, 7) is 5.11. The molecule has 2 aromatic carbocycles. The molecule has 2 nitrogen and oxygen atoms in total. The molecule has 2 N–H and O–H groups in total. The van der Waals surface area contributed by atoms with Crippen molar-refractivity contribution in [2.75, 3.05) is 0 Å². The molecule has 0 bridgehead atoms. The van der Waals surface area contributed by atoms with Crippen LogP contribution in [0.3, 0.4) is 0 Å². The molecule has 2 rings (SSSR count). The molecule has 0 radical (unpaired) electrons. The number of halogens is 24. The Bertz CT molecular complexity index is 1430. The standard InChI is InChI=1S/C16H12F12.C14H8F12O2/c1-4-8-5-9(11(2,13(17,18)19)14(20,21)22)7-10(6-8)12(3,15(23,24)25)16(26,27)28;1-2-6-3-7(9(27,11(15,16)17)12(18,19)20)5-8(4-6)10(28,13(21,22)23)14(24,25)26/h4-7H,1H2,2-3H3;2-5,27-28H,1H2. The van der Waals surface area contributed by atoms with Crippen molar-refractivity contribution in [3.8, 4) is 0 Å². The minimum absolute atomic E-state index is 0.162. The van der Waals surface area contributed by atoms with Crippen LogP contribution in [-0.2, 0) is 22.0 Å². The summed E-state index contributed by atoms with van der Waals surface area (Å²) in [6, 6.07) is -1.16. The summed E-state index contributed by atoms with van der Waals surface area (Å²) in [6.07, 6.45) is -49.7. The van der Waals surface area contributed by atoms with Crippen molar-refractivity contribution in [1.82, 2.24) is 0 Å². The molecule has 0 aliphatic heterocycles. The number of aliphatic hydroxyl groups is 2. The molecular weight excluding hydrogens is 848 g/mol. The van der Waals surface area contributed by atoms with Crippen molar-refractivity contribution < 1.29 is 116 Å². The quantitative estimate of drug-likeness (QED) is 0.284. The predicted molar refractivity (Wildman–Crippen MR) is 144 cm³/mol. The number of rotatable bonds is 6. The van der Waals surface area contributed by atoms with Crippen LogP contribution in [0.4, 0.5) is 105 Å². The summed E-state index contributed by atoms with van der Waals surface area (Å²) in [4.78, 5) is 0. The van der Waals surface area contributed by atoms with E-state index in [0.717, 1.165) is 0 Å². The number of benzene rings is 2. The first-order valence-corrected chi connectivity index (χ1v) is 13.8. The van der Waals surface area contributed by atoms with Crippen LogP contribution < -0.4 is 0 Å². The van der Waals surface area contributed by atoms with Gasteiger partial charge in [0.2, 0.25) is 0 Å². The van der Waals surface area contributed by atoms with Gasteiger partial charge in [-0.25, -0.2) is 0 Å². The van der Waals surface area contributed by atoms with Gasteiger partial charge in [0.05, 0.1) is 0 Å². The lowest BCUT2D eigenvalue weighted by molar-refractivity contribution is -0.378. The molecule has 0 amide bonds.